The topological polar surface area (TPSA) is 46.6 Å². The predicted octanol–water partition coefficient (Wildman–Crippen LogP) is 2.00. The molecule has 0 bridgehead atoms. The number of fused-ring (bicyclic) bond motifs is 1. The van der Waals surface area contributed by atoms with Crippen molar-refractivity contribution in [2.45, 2.75) is 32.6 Å². The molecule has 1 heterocycles. The van der Waals surface area contributed by atoms with Gasteiger partial charge in [0.05, 0.1) is 19.6 Å². The van der Waals surface area contributed by atoms with Crippen LogP contribution in [-0.2, 0) is 27.2 Å². The van der Waals surface area contributed by atoms with Gasteiger partial charge in [-0.25, -0.2) is 0 Å². The molecule has 0 spiro atoms. The van der Waals surface area contributed by atoms with E-state index < -0.39 is 0 Å². The lowest BCUT2D eigenvalue weighted by Crippen LogP contribution is -2.32. The van der Waals surface area contributed by atoms with E-state index in [1.807, 2.05) is 0 Å². The summed E-state index contributed by atoms with van der Waals surface area (Å²) in [6, 6.07) is 8.47. The zero-order valence-corrected chi connectivity index (χ0v) is 12.6. The summed E-state index contributed by atoms with van der Waals surface area (Å²) < 4.78 is 4.84. The van der Waals surface area contributed by atoms with Crippen LogP contribution < -0.4 is 0 Å². The largest absolute Gasteiger partial charge is 0.466 e. The van der Waals surface area contributed by atoms with Crippen LogP contribution in [0, 0.1) is 0 Å². The SMILES string of the molecule is CCOC(=O)CCC(=O)CN1CCc2ccccc2CC1. The van der Waals surface area contributed by atoms with E-state index in [9.17, 15) is 9.59 Å². The molecule has 1 aromatic rings. The molecule has 0 aliphatic carbocycles. The highest BCUT2D eigenvalue weighted by molar-refractivity contribution is 5.84. The van der Waals surface area contributed by atoms with Crippen LogP contribution in [0.5, 0.6) is 0 Å². The highest BCUT2D eigenvalue weighted by Gasteiger charge is 2.16. The Morgan fingerprint density at radius 3 is 2.29 bits per heavy atom. The molecule has 21 heavy (non-hydrogen) atoms. The van der Waals surface area contributed by atoms with Gasteiger partial charge in [-0.2, -0.15) is 0 Å². The normalized spacial score (nSPS) is 15.1. The minimum atomic E-state index is -0.283. The summed E-state index contributed by atoms with van der Waals surface area (Å²) in [6.07, 6.45) is 2.45. The van der Waals surface area contributed by atoms with E-state index in [1.54, 1.807) is 6.92 Å². The van der Waals surface area contributed by atoms with Gasteiger partial charge in [0, 0.05) is 19.5 Å². The summed E-state index contributed by atoms with van der Waals surface area (Å²) in [5.74, 6) is -0.164. The first-order valence-corrected chi connectivity index (χ1v) is 7.65. The maximum Gasteiger partial charge on any atom is 0.306 e. The van der Waals surface area contributed by atoms with E-state index in [2.05, 4.69) is 29.2 Å². The molecular weight excluding hydrogens is 266 g/mol. The molecule has 0 amide bonds. The number of carbonyl (C=O) groups excluding carboxylic acids is 2. The quantitative estimate of drug-likeness (QED) is 0.752. The van der Waals surface area contributed by atoms with Crippen LogP contribution in [-0.4, -0.2) is 42.9 Å². The van der Waals surface area contributed by atoms with Crippen LogP contribution in [0.3, 0.4) is 0 Å². The number of carbonyl (C=O) groups is 2. The van der Waals surface area contributed by atoms with Gasteiger partial charge in [0.25, 0.3) is 0 Å². The van der Waals surface area contributed by atoms with E-state index in [4.69, 9.17) is 4.74 Å². The van der Waals surface area contributed by atoms with Gasteiger partial charge in [-0.1, -0.05) is 24.3 Å². The third kappa shape index (κ3) is 4.97. The fourth-order valence-electron chi connectivity index (χ4n) is 2.68. The number of nitrogens with zero attached hydrogens (tertiary/aromatic N) is 1. The Kier molecular flexibility index (Phi) is 5.93. The number of Topliss-reactive ketones (excluding diaryl/α,β-unsaturated/α-hetero) is 1. The second-order valence-electron chi connectivity index (χ2n) is 5.39. The van der Waals surface area contributed by atoms with Crippen LogP contribution in [0.2, 0.25) is 0 Å². The van der Waals surface area contributed by atoms with Crippen molar-refractivity contribution in [2.24, 2.45) is 0 Å². The van der Waals surface area contributed by atoms with Crippen LogP contribution in [0.15, 0.2) is 24.3 Å². The zero-order valence-electron chi connectivity index (χ0n) is 12.6. The molecule has 114 valence electrons. The van der Waals surface area contributed by atoms with E-state index in [0.29, 0.717) is 13.2 Å². The Morgan fingerprint density at radius 1 is 1.10 bits per heavy atom. The summed E-state index contributed by atoms with van der Waals surface area (Å²) in [7, 11) is 0. The number of hydrogen-bond acceptors (Lipinski definition) is 4. The summed E-state index contributed by atoms with van der Waals surface area (Å²) in [5, 5.41) is 0. The Bertz CT molecular complexity index is 472. The molecular formula is C17H23NO3. The Labute approximate surface area is 126 Å². The van der Waals surface area contributed by atoms with Crippen molar-refractivity contribution in [3.63, 3.8) is 0 Å². The summed E-state index contributed by atoms with van der Waals surface area (Å²) in [4.78, 5) is 25.4. The molecule has 0 fully saturated rings. The lowest BCUT2D eigenvalue weighted by atomic mass is 10.0. The van der Waals surface area contributed by atoms with Crippen molar-refractivity contribution >= 4 is 11.8 Å². The van der Waals surface area contributed by atoms with Crippen molar-refractivity contribution in [3.8, 4) is 0 Å². The van der Waals surface area contributed by atoms with Crippen LogP contribution in [0.25, 0.3) is 0 Å². The average Bonchev–Trinajstić information content (AvgIpc) is 2.68. The van der Waals surface area contributed by atoms with Gasteiger partial charge < -0.3 is 4.74 Å². The lowest BCUT2D eigenvalue weighted by molar-refractivity contribution is -0.144. The first-order valence-electron chi connectivity index (χ1n) is 7.65. The van der Waals surface area contributed by atoms with Crippen molar-refractivity contribution < 1.29 is 14.3 Å². The number of ketones is 1. The Morgan fingerprint density at radius 2 is 1.71 bits per heavy atom. The Balaban J connectivity index is 1.77. The molecule has 1 aliphatic rings. The minimum Gasteiger partial charge on any atom is -0.466 e. The van der Waals surface area contributed by atoms with Gasteiger partial charge in [0.1, 0.15) is 5.78 Å². The van der Waals surface area contributed by atoms with E-state index in [0.717, 1.165) is 25.9 Å². The van der Waals surface area contributed by atoms with Gasteiger partial charge in [0.15, 0.2) is 0 Å². The zero-order chi connectivity index (χ0) is 15.1. The number of hydrogen-bond donors (Lipinski definition) is 0. The molecule has 0 saturated heterocycles. The van der Waals surface area contributed by atoms with Gasteiger partial charge >= 0.3 is 5.97 Å². The number of ether oxygens (including phenoxy) is 1. The highest BCUT2D eigenvalue weighted by Crippen LogP contribution is 2.15. The highest BCUT2D eigenvalue weighted by atomic mass is 16.5. The molecule has 4 heteroatoms. The van der Waals surface area contributed by atoms with Gasteiger partial charge in [-0.05, 0) is 30.9 Å². The molecule has 1 aliphatic heterocycles. The molecule has 4 nitrogen and oxygen atoms in total. The van der Waals surface area contributed by atoms with Crippen molar-refractivity contribution in [1.82, 2.24) is 4.90 Å². The minimum absolute atomic E-state index is 0.119. The molecule has 0 aromatic heterocycles. The monoisotopic (exact) mass is 289 g/mol. The number of esters is 1. The van der Waals surface area contributed by atoms with E-state index in [-0.39, 0.29) is 24.6 Å². The van der Waals surface area contributed by atoms with Crippen molar-refractivity contribution in [2.75, 3.05) is 26.2 Å². The van der Waals surface area contributed by atoms with Crippen LogP contribution in [0.4, 0.5) is 0 Å². The molecule has 0 radical (unpaired) electrons. The van der Waals surface area contributed by atoms with Gasteiger partial charge in [-0.15, -0.1) is 0 Å². The summed E-state index contributed by atoms with van der Waals surface area (Å²) >= 11 is 0. The second kappa shape index (κ2) is 7.93. The first kappa shape index (κ1) is 15.7. The molecule has 0 atom stereocenters. The van der Waals surface area contributed by atoms with Crippen molar-refractivity contribution in [3.05, 3.63) is 35.4 Å². The number of benzene rings is 1. The van der Waals surface area contributed by atoms with Crippen molar-refractivity contribution in [1.29, 1.82) is 0 Å². The third-order valence-corrected chi connectivity index (χ3v) is 3.83. The first-order chi connectivity index (χ1) is 10.2. The fraction of sp³-hybridized carbons (Fsp3) is 0.529. The van der Waals surface area contributed by atoms with Gasteiger partial charge in [0.2, 0.25) is 0 Å². The predicted molar refractivity (Wildman–Crippen MR) is 81.2 cm³/mol. The van der Waals surface area contributed by atoms with Crippen LogP contribution >= 0.6 is 0 Å². The summed E-state index contributed by atoms with van der Waals surface area (Å²) in [5.41, 5.74) is 2.78. The van der Waals surface area contributed by atoms with Crippen LogP contribution in [0.1, 0.15) is 30.9 Å². The molecule has 1 aromatic carbocycles. The fourth-order valence-corrected chi connectivity index (χ4v) is 2.68. The van der Waals surface area contributed by atoms with E-state index >= 15 is 0 Å². The summed E-state index contributed by atoms with van der Waals surface area (Å²) in [6.45, 7) is 4.39. The third-order valence-electron chi connectivity index (χ3n) is 3.83. The van der Waals surface area contributed by atoms with Gasteiger partial charge in [-0.3, -0.25) is 14.5 Å². The smallest absolute Gasteiger partial charge is 0.306 e. The second-order valence-corrected chi connectivity index (χ2v) is 5.39. The lowest BCUT2D eigenvalue weighted by Gasteiger charge is -2.18. The number of rotatable bonds is 6. The van der Waals surface area contributed by atoms with E-state index in [1.165, 1.54) is 11.1 Å². The maximum atomic E-state index is 12.0. The molecule has 0 saturated carbocycles. The molecule has 0 N–H and O–H groups in total. The molecule has 2 rings (SSSR count). The average molecular weight is 289 g/mol. The standard InChI is InChI=1S/C17H23NO3/c1-2-21-17(20)8-7-16(19)13-18-11-9-14-5-3-4-6-15(14)10-12-18/h3-6H,2,7-13H2,1H3. The molecule has 0 unspecified atom stereocenters. The maximum absolute atomic E-state index is 12.0. The Hall–Kier alpha value is -1.68.